The quantitative estimate of drug-likeness (QED) is 0.434. The predicted octanol–water partition coefficient (Wildman–Crippen LogP) is 4.93. The van der Waals surface area contributed by atoms with Gasteiger partial charge in [-0.1, -0.05) is 48.0 Å². The average molecular weight is 455 g/mol. The molecule has 0 radical (unpaired) electrons. The zero-order chi connectivity index (χ0) is 23.9. The first-order chi connectivity index (χ1) is 16.4. The minimum absolute atomic E-state index is 0.0246. The van der Waals surface area contributed by atoms with Crippen molar-refractivity contribution in [3.8, 4) is 0 Å². The molecule has 2 heterocycles. The summed E-state index contributed by atoms with van der Waals surface area (Å²) in [5, 5.41) is 14.8. The van der Waals surface area contributed by atoms with E-state index in [1.165, 1.54) is 5.56 Å². The number of carboxylic acid groups (broad SMARTS) is 1. The Morgan fingerprint density at radius 1 is 1.06 bits per heavy atom. The van der Waals surface area contributed by atoms with Gasteiger partial charge in [0.15, 0.2) is 6.04 Å². The van der Waals surface area contributed by atoms with Crippen molar-refractivity contribution in [2.45, 2.75) is 32.2 Å². The topological polar surface area (TPSA) is 72.2 Å². The van der Waals surface area contributed by atoms with Gasteiger partial charge in [-0.05, 0) is 24.6 Å². The van der Waals surface area contributed by atoms with Crippen LogP contribution in [0.4, 0.5) is 5.69 Å². The number of aliphatic carboxylic acids is 1. The molecule has 6 nitrogen and oxygen atoms in total. The van der Waals surface area contributed by atoms with Crippen LogP contribution in [0.5, 0.6) is 0 Å². The molecule has 0 bridgehead atoms. The summed E-state index contributed by atoms with van der Waals surface area (Å²) in [6.07, 6.45) is 2.35. The van der Waals surface area contributed by atoms with Crippen LogP contribution in [0, 0.1) is 6.92 Å². The molecule has 34 heavy (non-hydrogen) atoms. The van der Waals surface area contributed by atoms with E-state index in [0.717, 1.165) is 39.7 Å². The van der Waals surface area contributed by atoms with Gasteiger partial charge < -0.3 is 5.11 Å². The van der Waals surface area contributed by atoms with E-state index in [4.69, 9.17) is 0 Å². The van der Waals surface area contributed by atoms with E-state index in [9.17, 15) is 14.7 Å². The zero-order valence-corrected chi connectivity index (χ0v) is 19.4. The Morgan fingerprint density at radius 2 is 1.85 bits per heavy atom. The van der Waals surface area contributed by atoms with Gasteiger partial charge in [0.25, 0.3) is 0 Å². The summed E-state index contributed by atoms with van der Waals surface area (Å²) in [6.45, 7) is 2.64. The molecule has 0 aliphatic carbocycles. The van der Waals surface area contributed by atoms with Crippen LogP contribution < -0.4 is 4.48 Å². The van der Waals surface area contributed by atoms with Crippen molar-refractivity contribution in [2.75, 3.05) is 6.54 Å². The molecule has 1 aliphatic heterocycles. The summed E-state index contributed by atoms with van der Waals surface area (Å²) in [6, 6.07) is 22.4. The fraction of sp³-hybridized carbons (Fsp3) is 0.250. The zero-order valence-electron chi connectivity index (χ0n) is 19.4. The van der Waals surface area contributed by atoms with Crippen molar-refractivity contribution < 1.29 is 14.7 Å². The highest BCUT2D eigenvalue weighted by Crippen LogP contribution is 2.46. The lowest BCUT2D eigenvalue weighted by molar-refractivity contribution is -0.141. The molecule has 0 saturated heterocycles. The summed E-state index contributed by atoms with van der Waals surface area (Å²) in [5.41, 5.74) is 6.37. The van der Waals surface area contributed by atoms with Gasteiger partial charge in [-0.15, -0.1) is 0 Å². The number of carbonyl (C=O) groups is 2. The number of quaternary nitrogens is 1. The maximum absolute atomic E-state index is 14.1. The number of fused-ring (bicyclic) bond motifs is 2. The number of aromatic nitrogens is 2. The van der Waals surface area contributed by atoms with Crippen LogP contribution in [-0.2, 0) is 23.1 Å². The second-order valence-corrected chi connectivity index (χ2v) is 9.16. The molecule has 0 spiro atoms. The molecule has 4 aromatic rings. The largest absolute Gasteiger partial charge is 0.481 e. The van der Waals surface area contributed by atoms with Crippen LogP contribution in [0.15, 0.2) is 72.9 Å². The Hall–Kier alpha value is -3.77. The Balaban J connectivity index is 1.80. The highest BCUT2D eigenvalue weighted by atomic mass is 16.4. The molecule has 172 valence electrons. The van der Waals surface area contributed by atoms with E-state index in [-0.39, 0.29) is 29.3 Å². The fourth-order valence-corrected chi connectivity index (χ4v) is 5.41. The Morgan fingerprint density at radius 3 is 2.62 bits per heavy atom. The maximum Gasteiger partial charge on any atom is 0.320 e. The first-order valence-corrected chi connectivity index (χ1v) is 11.6. The summed E-state index contributed by atoms with van der Waals surface area (Å²) < 4.78 is 1.88. The van der Waals surface area contributed by atoms with Crippen LogP contribution in [0.3, 0.4) is 0 Å². The number of amides is 1. The van der Waals surface area contributed by atoms with Gasteiger partial charge in [0.1, 0.15) is 5.69 Å². The normalized spacial score (nSPS) is 19.6. The van der Waals surface area contributed by atoms with Crippen LogP contribution in [0.2, 0.25) is 0 Å². The first kappa shape index (κ1) is 22.0. The van der Waals surface area contributed by atoms with Gasteiger partial charge in [-0.2, -0.15) is 5.10 Å². The van der Waals surface area contributed by atoms with Crippen molar-refractivity contribution in [3.63, 3.8) is 0 Å². The van der Waals surface area contributed by atoms with E-state index >= 15 is 0 Å². The minimum Gasteiger partial charge on any atom is -0.481 e. The lowest BCUT2D eigenvalue weighted by Gasteiger charge is -2.46. The molecular formula is C28H28N3O3+. The molecule has 6 heteroatoms. The van der Waals surface area contributed by atoms with E-state index < -0.39 is 5.97 Å². The maximum atomic E-state index is 14.1. The second-order valence-electron chi connectivity index (χ2n) is 9.16. The molecule has 1 N–H and O–H groups in total. The van der Waals surface area contributed by atoms with Crippen LogP contribution in [0.1, 0.15) is 41.1 Å². The van der Waals surface area contributed by atoms with Crippen molar-refractivity contribution >= 4 is 28.5 Å². The number of hydrogen-bond acceptors (Lipinski definition) is 3. The Kier molecular flexibility index (Phi) is 5.54. The number of nitrogens with zero attached hydrogens (tertiary/aromatic N) is 3. The molecule has 3 aromatic carbocycles. The average Bonchev–Trinajstić information content (AvgIpc) is 3.22. The minimum atomic E-state index is -0.960. The number of benzene rings is 3. The molecule has 1 aliphatic rings. The molecule has 0 saturated carbocycles. The molecule has 2 unspecified atom stereocenters. The number of hydrogen-bond donors (Lipinski definition) is 1. The summed E-state index contributed by atoms with van der Waals surface area (Å²) in [7, 11) is 1.90. The molecular weight excluding hydrogens is 426 g/mol. The lowest BCUT2D eigenvalue weighted by Crippen LogP contribution is -2.60. The van der Waals surface area contributed by atoms with Crippen molar-refractivity contribution in [1.29, 1.82) is 0 Å². The molecule has 2 atom stereocenters. The standard InChI is InChI=1S/C28H27N3O3/c1-19-8-9-20-14-15-31(26(32)12-13-27(33)34,23-11-10-22-18-29-30(2)25(22)17-23)28(24(20)16-19)21-6-4-3-5-7-21/h3-11,16-18,28H,12-15H2,1-2H3/p+1. The lowest BCUT2D eigenvalue weighted by atomic mass is 9.83. The van der Waals surface area contributed by atoms with Crippen LogP contribution >= 0.6 is 0 Å². The van der Waals surface area contributed by atoms with Gasteiger partial charge in [-0.3, -0.25) is 9.48 Å². The van der Waals surface area contributed by atoms with Gasteiger partial charge >= 0.3 is 11.9 Å². The number of carbonyl (C=O) groups excluding carboxylic acids is 1. The third kappa shape index (κ3) is 3.60. The molecule has 0 fully saturated rings. The molecule has 1 amide bonds. The third-order valence-electron chi connectivity index (χ3n) is 7.08. The van der Waals surface area contributed by atoms with Gasteiger partial charge in [0.2, 0.25) is 0 Å². The van der Waals surface area contributed by atoms with Crippen molar-refractivity contribution in [1.82, 2.24) is 14.3 Å². The number of rotatable bonds is 5. The van der Waals surface area contributed by atoms with Gasteiger partial charge in [0, 0.05) is 42.1 Å². The highest BCUT2D eigenvalue weighted by Gasteiger charge is 2.50. The van der Waals surface area contributed by atoms with Crippen molar-refractivity contribution in [3.05, 3.63) is 95.2 Å². The van der Waals surface area contributed by atoms with Crippen LogP contribution in [-0.4, -0.2) is 33.3 Å². The Bertz CT molecular complexity index is 1390. The van der Waals surface area contributed by atoms with E-state index in [0.29, 0.717) is 6.54 Å². The predicted molar refractivity (Wildman–Crippen MR) is 132 cm³/mol. The Labute approximate surface area is 198 Å². The van der Waals surface area contributed by atoms with Gasteiger partial charge in [0.05, 0.1) is 31.1 Å². The fourth-order valence-electron chi connectivity index (χ4n) is 5.41. The number of carboxylic acids is 1. The summed E-state index contributed by atoms with van der Waals surface area (Å²) in [5.74, 6) is -1.04. The SMILES string of the molecule is Cc1ccc2c(c1)C(c1ccccc1)[N+](C(=O)CCC(=O)O)(c1ccc3cnn(C)c3c1)CC2. The molecule has 5 rings (SSSR count). The third-order valence-corrected chi connectivity index (χ3v) is 7.08. The smallest absolute Gasteiger partial charge is 0.320 e. The summed E-state index contributed by atoms with van der Waals surface area (Å²) in [4.78, 5) is 25.6. The first-order valence-electron chi connectivity index (χ1n) is 11.6. The highest BCUT2D eigenvalue weighted by molar-refractivity contribution is 5.94. The monoisotopic (exact) mass is 454 g/mol. The second kappa shape index (κ2) is 8.54. The molecule has 1 aromatic heterocycles. The van der Waals surface area contributed by atoms with Crippen LogP contribution in [0.25, 0.3) is 10.9 Å². The van der Waals surface area contributed by atoms with E-state index in [1.54, 1.807) is 0 Å². The van der Waals surface area contributed by atoms with Crippen molar-refractivity contribution in [2.24, 2.45) is 7.05 Å². The van der Waals surface area contributed by atoms with E-state index in [2.05, 4.69) is 48.4 Å². The van der Waals surface area contributed by atoms with Gasteiger partial charge in [-0.25, -0.2) is 9.28 Å². The van der Waals surface area contributed by atoms with E-state index in [1.807, 2.05) is 48.3 Å². The summed E-state index contributed by atoms with van der Waals surface area (Å²) >= 11 is 0. The number of aryl methyl sites for hydroxylation is 2.